The monoisotopic (exact) mass is 261 g/mol. The van der Waals surface area contributed by atoms with E-state index in [-0.39, 0.29) is 5.91 Å². The lowest BCUT2D eigenvalue weighted by molar-refractivity contribution is 0.0704. The summed E-state index contributed by atoms with van der Waals surface area (Å²) in [7, 11) is 4.00. The number of rotatable bonds is 4. The Balaban J connectivity index is 2.12. The van der Waals surface area contributed by atoms with Crippen LogP contribution in [0.15, 0.2) is 24.3 Å². The van der Waals surface area contributed by atoms with Crippen molar-refractivity contribution in [2.45, 2.75) is 19.4 Å². The molecule has 0 spiro atoms. The highest BCUT2D eigenvalue weighted by atomic mass is 16.2. The number of amides is 1. The lowest BCUT2D eigenvalue weighted by Crippen LogP contribution is -2.41. The van der Waals surface area contributed by atoms with Gasteiger partial charge >= 0.3 is 0 Å². The van der Waals surface area contributed by atoms with E-state index in [1.165, 1.54) is 0 Å². The van der Waals surface area contributed by atoms with E-state index in [1.807, 2.05) is 55.1 Å². The molecule has 0 radical (unpaired) electrons. The van der Waals surface area contributed by atoms with E-state index in [9.17, 15) is 4.79 Å². The van der Waals surface area contributed by atoms with Crippen LogP contribution in [0.4, 0.5) is 5.69 Å². The quantitative estimate of drug-likeness (QED) is 0.894. The van der Waals surface area contributed by atoms with Crippen molar-refractivity contribution >= 4 is 11.6 Å². The molecule has 1 heterocycles. The summed E-state index contributed by atoms with van der Waals surface area (Å²) in [5.41, 5.74) is 1.89. The van der Waals surface area contributed by atoms with Gasteiger partial charge in [0.05, 0.1) is 0 Å². The summed E-state index contributed by atoms with van der Waals surface area (Å²) in [6.45, 7) is 4.73. The molecule has 4 heteroatoms. The standard InChI is InChI=1S/C15H23N3O/c1-4-18(14-9-10-16-11-14)15(19)12-5-7-13(8-6-12)17(2)3/h5-8,14,16H,4,9-11H2,1-3H3. The molecule has 4 nitrogen and oxygen atoms in total. The van der Waals surface area contributed by atoms with Crippen LogP contribution in [0.5, 0.6) is 0 Å². The van der Waals surface area contributed by atoms with Crippen molar-refractivity contribution in [3.63, 3.8) is 0 Å². The first-order chi connectivity index (χ1) is 9.13. The van der Waals surface area contributed by atoms with E-state index in [0.717, 1.165) is 37.3 Å². The van der Waals surface area contributed by atoms with E-state index in [2.05, 4.69) is 5.32 Å². The maximum absolute atomic E-state index is 12.5. The molecule has 0 aliphatic carbocycles. The number of nitrogens with zero attached hydrogens (tertiary/aromatic N) is 2. The van der Waals surface area contributed by atoms with Gasteiger partial charge in [-0.3, -0.25) is 4.79 Å². The molecule has 19 heavy (non-hydrogen) atoms. The first-order valence-electron chi connectivity index (χ1n) is 6.92. The second-order valence-corrected chi connectivity index (χ2v) is 5.18. The van der Waals surface area contributed by atoms with E-state index in [0.29, 0.717) is 6.04 Å². The van der Waals surface area contributed by atoms with Crippen molar-refractivity contribution in [2.75, 3.05) is 38.6 Å². The second-order valence-electron chi connectivity index (χ2n) is 5.18. The number of carbonyl (C=O) groups excluding carboxylic acids is 1. The lowest BCUT2D eigenvalue weighted by atomic mass is 10.1. The van der Waals surface area contributed by atoms with Crippen LogP contribution in [0.25, 0.3) is 0 Å². The molecular formula is C15H23N3O. The van der Waals surface area contributed by atoms with Crippen LogP contribution in [-0.4, -0.2) is 50.6 Å². The fourth-order valence-electron chi connectivity index (χ4n) is 2.54. The molecule has 0 saturated carbocycles. The molecule has 1 fully saturated rings. The first kappa shape index (κ1) is 13.9. The van der Waals surface area contributed by atoms with Gasteiger partial charge in [-0.2, -0.15) is 0 Å². The zero-order valence-corrected chi connectivity index (χ0v) is 12.0. The van der Waals surface area contributed by atoms with E-state index >= 15 is 0 Å². The maximum atomic E-state index is 12.5. The average Bonchev–Trinajstić information content (AvgIpc) is 2.93. The van der Waals surface area contributed by atoms with Crippen LogP contribution < -0.4 is 10.2 Å². The third kappa shape index (κ3) is 3.07. The van der Waals surface area contributed by atoms with Crippen LogP contribution in [0.1, 0.15) is 23.7 Å². The van der Waals surface area contributed by atoms with Gasteiger partial charge in [0.15, 0.2) is 0 Å². The van der Waals surface area contributed by atoms with Crippen molar-refractivity contribution in [1.82, 2.24) is 10.2 Å². The Kier molecular flexibility index (Phi) is 4.43. The number of hydrogen-bond donors (Lipinski definition) is 1. The fourth-order valence-corrected chi connectivity index (χ4v) is 2.54. The predicted molar refractivity (Wildman–Crippen MR) is 78.8 cm³/mol. The van der Waals surface area contributed by atoms with Gasteiger partial charge in [-0.25, -0.2) is 0 Å². The van der Waals surface area contributed by atoms with Crippen LogP contribution in [-0.2, 0) is 0 Å². The third-order valence-electron chi connectivity index (χ3n) is 3.71. The van der Waals surface area contributed by atoms with Crippen molar-refractivity contribution in [3.8, 4) is 0 Å². The number of anilines is 1. The van der Waals surface area contributed by atoms with Gasteiger partial charge in [0.1, 0.15) is 0 Å². The van der Waals surface area contributed by atoms with Crippen LogP contribution in [0.3, 0.4) is 0 Å². The van der Waals surface area contributed by atoms with Crippen molar-refractivity contribution in [2.24, 2.45) is 0 Å². The zero-order chi connectivity index (χ0) is 13.8. The first-order valence-corrected chi connectivity index (χ1v) is 6.92. The summed E-state index contributed by atoms with van der Waals surface area (Å²) in [6.07, 6.45) is 1.05. The summed E-state index contributed by atoms with van der Waals surface area (Å²) in [5, 5.41) is 3.32. The maximum Gasteiger partial charge on any atom is 0.254 e. The van der Waals surface area contributed by atoms with Crippen molar-refractivity contribution in [3.05, 3.63) is 29.8 Å². The van der Waals surface area contributed by atoms with Crippen molar-refractivity contribution in [1.29, 1.82) is 0 Å². The van der Waals surface area contributed by atoms with Gasteiger partial charge in [-0.05, 0) is 44.2 Å². The zero-order valence-electron chi connectivity index (χ0n) is 12.0. The normalized spacial score (nSPS) is 18.4. The highest BCUT2D eigenvalue weighted by Gasteiger charge is 2.25. The second kappa shape index (κ2) is 6.06. The Hall–Kier alpha value is -1.55. The molecule has 1 N–H and O–H groups in total. The number of benzene rings is 1. The summed E-state index contributed by atoms with van der Waals surface area (Å²) in [4.78, 5) is 16.5. The minimum absolute atomic E-state index is 0.140. The largest absolute Gasteiger partial charge is 0.378 e. The Bertz CT molecular complexity index is 422. The molecule has 0 bridgehead atoms. The Labute approximate surface area is 115 Å². The third-order valence-corrected chi connectivity index (χ3v) is 3.71. The number of likely N-dealkylation sites (N-methyl/N-ethyl adjacent to an activating group) is 1. The summed E-state index contributed by atoms with van der Waals surface area (Å²) in [5.74, 6) is 0.140. The van der Waals surface area contributed by atoms with E-state index in [4.69, 9.17) is 0 Å². The molecule has 1 aliphatic heterocycles. The van der Waals surface area contributed by atoms with Gasteiger partial charge in [-0.15, -0.1) is 0 Å². The SMILES string of the molecule is CCN(C(=O)c1ccc(N(C)C)cc1)C1CCNC1. The molecule has 104 valence electrons. The molecule has 1 unspecified atom stereocenters. The number of carbonyl (C=O) groups is 1. The van der Waals surface area contributed by atoms with Crippen LogP contribution >= 0.6 is 0 Å². The topological polar surface area (TPSA) is 35.6 Å². The molecule has 1 saturated heterocycles. The lowest BCUT2D eigenvalue weighted by Gasteiger charge is -2.27. The molecule has 2 rings (SSSR count). The van der Waals surface area contributed by atoms with Crippen molar-refractivity contribution < 1.29 is 4.79 Å². The predicted octanol–water partition coefficient (Wildman–Crippen LogP) is 1.58. The Morgan fingerprint density at radius 2 is 2.00 bits per heavy atom. The molecule has 1 aliphatic rings. The van der Waals surface area contributed by atoms with E-state index < -0.39 is 0 Å². The van der Waals surface area contributed by atoms with Crippen LogP contribution in [0, 0.1) is 0 Å². The van der Waals surface area contributed by atoms with E-state index in [1.54, 1.807) is 0 Å². The van der Waals surface area contributed by atoms with Gasteiger partial charge in [-0.1, -0.05) is 0 Å². The average molecular weight is 261 g/mol. The van der Waals surface area contributed by atoms with Crippen LogP contribution in [0.2, 0.25) is 0 Å². The molecule has 0 aromatic heterocycles. The minimum Gasteiger partial charge on any atom is -0.378 e. The fraction of sp³-hybridized carbons (Fsp3) is 0.533. The van der Waals surface area contributed by atoms with Gasteiger partial charge in [0.2, 0.25) is 0 Å². The minimum atomic E-state index is 0.140. The summed E-state index contributed by atoms with van der Waals surface area (Å²) >= 11 is 0. The molecule has 1 aromatic rings. The smallest absolute Gasteiger partial charge is 0.254 e. The molecular weight excluding hydrogens is 238 g/mol. The molecule has 1 amide bonds. The highest BCUT2D eigenvalue weighted by Crippen LogP contribution is 2.16. The van der Waals surface area contributed by atoms with Gasteiger partial charge < -0.3 is 15.1 Å². The molecule has 1 atom stereocenters. The Morgan fingerprint density at radius 1 is 1.32 bits per heavy atom. The van der Waals surface area contributed by atoms with Gasteiger partial charge in [0, 0.05) is 44.5 Å². The number of hydrogen-bond acceptors (Lipinski definition) is 3. The number of nitrogens with one attached hydrogen (secondary N) is 1. The molecule has 1 aromatic carbocycles. The Morgan fingerprint density at radius 3 is 2.47 bits per heavy atom. The summed E-state index contributed by atoms with van der Waals surface area (Å²) in [6, 6.07) is 8.17. The summed E-state index contributed by atoms with van der Waals surface area (Å²) < 4.78 is 0. The highest BCUT2D eigenvalue weighted by molar-refractivity contribution is 5.94. The van der Waals surface area contributed by atoms with Gasteiger partial charge in [0.25, 0.3) is 5.91 Å².